The Morgan fingerprint density at radius 2 is 2.06 bits per heavy atom. The highest BCUT2D eigenvalue weighted by atomic mass is 35.5. The molecule has 6 nitrogen and oxygen atoms in total. The molecule has 1 amide bonds. The molecule has 3 aromatic rings. The molecule has 1 N–H and O–H groups in total. The van der Waals surface area contributed by atoms with E-state index in [4.69, 9.17) is 21.3 Å². The van der Waals surface area contributed by atoms with Gasteiger partial charge in [-0.1, -0.05) is 57.2 Å². The van der Waals surface area contributed by atoms with Crippen molar-refractivity contribution in [3.63, 3.8) is 0 Å². The maximum atomic E-state index is 12.3. The zero-order valence-corrected chi connectivity index (χ0v) is 21.1. The molecule has 0 saturated carbocycles. The van der Waals surface area contributed by atoms with Gasteiger partial charge in [0, 0.05) is 53.4 Å². The Balaban J connectivity index is 1.93. The van der Waals surface area contributed by atoms with E-state index in [0.717, 1.165) is 33.4 Å². The number of rotatable bonds is 8. The van der Waals surface area contributed by atoms with Crippen LogP contribution in [0.4, 0.5) is 5.69 Å². The number of carbonyl (C=O) groups excluding carboxylic acids is 1. The Bertz CT molecular complexity index is 1230. The van der Waals surface area contributed by atoms with Crippen molar-refractivity contribution in [3.05, 3.63) is 83.6 Å². The third kappa shape index (κ3) is 5.75. The van der Waals surface area contributed by atoms with Crippen LogP contribution in [-0.2, 0) is 17.9 Å². The van der Waals surface area contributed by atoms with Crippen molar-refractivity contribution in [2.24, 2.45) is 5.41 Å². The van der Waals surface area contributed by atoms with Crippen LogP contribution in [-0.4, -0.2) is 15.9 Å². The molecule has 3 rings (SSSR count). The second-order valence-corrected chi connectivity index (χ2v) is 9.39. The number of pyridine rings is 2. The van der Waals surface area contributed by atoms with E-state index in [1.807, 2.05) is 76.1 Å². The lowest BCUT2D eigenvalue weighted by atomic mass is 9.95. The Hall–Kier alpha value is -3.38. The van der Waals surface area contributed by atoms with Crippen LogP contribution in [0.1, 0.15) is 44.5 Å². The van der Waals surface area contributed by atoms with Crippen molar-refractivity contribution < 1.29 is 9.53 Å². The molecule has 0 atom stereocenters. The molecular weight excluding hydrogens is 448 g/mol. The fourth-order valence-electron chi connectivity index (χ4n) is 3.47. The average Bonchev–Trinajstić information content (AvgIpc) is 2.79. The van der Waals surface area contributed by atoms with E-state index >= 15 is 0 Å². The van der Waals surface area contributed by atoms with Gasteiger partial charge in [0.1, 0.15) is 17.9 Å². The lowest BCUT2D eigenvalue weighted by Gasteiger charge is -2.20. The number of para-hydroxylation sites is 1. The third-order valence-corrected chi connectivity index (χ3v) is 5.61. The lowest BCUT2D eigenvalue weighted by molar-refractivity contribution is -0.128. The van der Waals surface area contributed by atoms with E-state index in [-0.39, 0.29) is 12.5 Å². The third-order valence-electron chi connectivity index (χ3n) is 5.28. The number of carbonyl (C=O) groups is 1. The predicted molar refractivity (Wildman–Crippen MR) is 139 cm³/mol. The molecule has 0 aliphatic carbocycles. The summed E-state index contributed by atoms with van der Waals surface area (Å²) in [6.07, 6.45) is 8.95. The summed E-state index contributed by atoms with van der Waals surface area (Å²) in [6, 6.07) is 7.86. The normalized spacial score (nSPS) is 11.6. The number of fused-ring (bicyclic) bond motifs is 1. The molecule has 0 radical (unpaired) electrons. The molecule has 0 saturated heterocycles. The van der Waals surface area contributed by atoms with Crippen LogP contribution in [0.15, 0.2) is 61.7 Å². The highest BCUT2D eigenvalue weighted by Gasteiger charge is 2.21. The zero-order chi connectivity index (χ0) is 24.9. The fraction of sp³-hybridized carbons (Fsp3) is 0.296. The topological polar surface area (TPSA) is 67.3 Å². The van der Waals surface area contributed by atoms with Crippen LogP contribution >= 0.6 is 11.6 Å². The highest BCUT2D eigenvalue weighted by molar-refractivity contribution is 6.31. The number of halogens is 1. The Morgan fingerprint density at radius 1 is 1.29 bits per heavy atom. The molecular formula is C27H31ClN4O2. The summed E-state index contributed by atoms with van der Waals surface area (Å²) in [7, 11) is 0. The number of hydrogen-bond acceptors (Lipinski definition) is 5. The van der Waals surface area contributed by atoms with E-state index in [9.17, 15) is 4.79 Å². The Labute approximate surface area is 206 Å². The SMILES string of the molecule is C=CN(/C=C\C)c1cc(C)nc2c(OCc3c(Cl)cncc3CNC(=O)C(C)(C)C)cccc12. The number of amides is 1. The first-order chi connectivity index (χ1) is 16.2. The van der Waals surface area contributed by atoms with Crippen molar-refractivity contribution in [3.8, 4) is 5.75 Å². The second kappa shape index (κ2) is 10.7. The van der Waals surface area contributed by atoms with Crippen LogP contribution in [0.5, 0.6) is 5.75 Å². The van der Waals surface area contributed by atoms with Gasteiger partial charge < -0.3 is 15.0 Å². The standard InChI is InChI=1S/C27H31ClN4O2/c1-7-12-32(8-2)23-13-18(3)31-25-20(23)10-9-11-24(25)34-17-21-19(14-29-16-22(21)28)15-30-26(33)27(4,5)6/h7-14,16H,2,15,17H2,1,3-6H3,(H,30,33)/b12-7-. The average molecular weight is 479 g/mol. The first-order valence-corrected chi connectivity index (χ1v) is 11.5. The quantitative estimate of drug-likeness (QED) is 0.410. The molecule has 0 unspecified atom stereocenters. The first-order valence-electron chi connectivity index (χ1n) is 11.1. The molecule has 0 spiro atoms. The van der Waals surface area contributed by atoms with Gasteiger partial charge >= 0.3 is 0 Å². The zero-order valence-electron chi connectivity index (χ0n) is 20.4. The summed E-state index contributed by atoms with van der Waals surface area (Å²) in [5, 5.41) is 4.38. The summed E-state index contributed by atoms with van der Waals surface area (Å²) in [5.74, 6) is 0.595. The molecule has 0 fully saturated rings. The molecule has 178 valence electrons. The number of allylic oxidation sites excluding steroid dienone is 1. The first kappa shape index (κ1) is 25.2. The number of aryl methyl sites for hydroxylation is 1. The van der Waals surface area contributed by atoms with Gasteiger partial charge in [-0.15, -0.1) is 0 Å². The van der Waals surface area contributed by atoms with Gasteiger partial charge in [0.05, 0.1) is 10.7 Å². The van der Waals surface area contributed by atoms with Crippen LogP contribution in [0.3, 0.4) is 0 Å². The summed E-state index contributed by atoms with van der Waals surface area (Å²) < 4.78 is 6.23. The summed E-state index contributed by atoms with van der Waals surface area (Å²) in [4.78, 5) is 23.2. The van der Waals surface area contributed by atoms with E-state index in [1.54, 1.807) is 18.6 Å². The molecule has 0 aliphatic heterocycles. The number of nitrogens with zero attached hydrogens (tertiary/aromatic N) is 3. The predicted octanol–water partition coefficient (Wildman–Crippen LogP) is 6.32. The van der Waals surface area contributed by atoms with Gasteiger partial charge in [-0.2, -0.15) is 0 Å². The number of anilines is 1. The lowest BCUT2D eigenvalue weighted by Crippen LogP contribution is -2.34. The van der Waals surface area contributed by atoms with Crippen molar-refractivity contribution >= 4 is 34.1 Å². The van der Waals surface area contributed by atoms with E-state index in [2.05, 4.69) is 16.9 Å². The van der Waals surface area contributed by atoms with Crippen LogP contribution in [0.25, 0.3) is 10.9 Å². The maximum Gasteiger partial charge on any atom is 0.225 e. The molecule has 2 aromatic heterocycles. The van der Waals surface area contributed by atoms with Crippen molar-refractivity contribution in [2.75, 3.05) is 4.90 Å². The smallest absolute Gasteiger partial charge is 0.225 e. The monoisotopic (exact) mass is 478 g/mol. The summed E-state index contributed by atoms with van der Waals surface area (Å²) in [5.41, 5.74) is 3.68. The molecule has 0 bridgehead atoms. The summed E-state index contributed by atoms with van der Waals surface area (Å²) in [6.45, 7) is 14.0. The Morgan fingerprint density at radius 3 is 2.74 bits per heavy atom. The van der Waals surface area contributed by atoms with Crippen LogP contribution in [0.2, 0.25) is 5.02 Å². The van der Waals surface area contributed by atoms with Crippen molar-refractivity contribution in [1.82, 2.24) is 15.3 Å². The minimum Gasteiger partial charge on any atom is -0.487 e. The number of nitrogens with one attached hydrogen (secondary N) is 1. The second-order valence-electron chi connectivity index (χ2n) is 8.99. The van der Waals surface area contributed by atoms with Crippen LogP contribution < -0.4 is 15.0 Å². The van der Waals surface area contributed by atoms with Crippen molar-refractivity contribution in [1.29, 1.82) is 0 Å². The number of benzene rings is 1. The minimum absolute atomic E-state index is 0.0477. The highest BCUT2D eigenvalue weighted by Crippen LogP contribution is 2.33. The molecule has 1 aromatic carbocycles. The maximum absolute atomic E-state index is 12.3. The van der Waals surface area contributed by atoms with Gasteiger partial charge in [-0.05, 0) is 31.5 Å². The molecule has 0 aliphatic rings. The molecule has 7 heteroatoms. The van der Waals surface area contributed by atoms with Gasteiger partial charge in [0.25, 0.3) is 0 Å². The van der Waals surface area contributed by atoms with Crippen molar-refractivity contribution in [2.45, 2.75) is 47.8 Å². The van der Waals surface area contributed by atoms with Gasteiger partial charge in [-0.25, -0.2) is 4.98 Å². The molecule has 2 heterocycles. The van der Waals surface area contributed by atoms with Gasteiger partial charge in [0.15, 0.2) is 0 Å². The number of ether oxygens (including phenoxy) is 1. The van der Waals surface area contributed by atoms with Gasteiger partial charge in [-0.3, -0.25) is 9.78 Å². The van der Waals surface area contributed by atoms with E-state index in [1.165, 1.54) is 0 Å². The van der Waals surface area contributed by atoms with E-state index < -0.39 is 5.41 Å². The molecule has 34 heavy (non-hydrogen) atoms. The summed E-state index contributed by atoms with van der Waals surface area (Å²) >= 11 is 6.47. The minimum atomic E-state index is -0.487. The largest absolute Gasteiger partial charge is 0.487 e. The Kier molecular flexibility index (Phi) is 7.94. The van der Waals surface area contributed by atoms with Gasteiger partial charge in [0.2, 0.25) is 5.91 Å². The van der Waals surface area contributed by atoms with Crippen LogP contribution in [0, 0.1) is 12.3 Å². The van der Waals surface area contributed by atoms with E-state index in [0.29, 0.717) is 17.3 Å². The number of hydrogen-bond donors (Lipinski definition) is 1. The number of aromatic nitrogens is 2. The fourth-order valence-corrected chi connectivity index (χ4v) is 3.70.